The van der Waals surface area contributed by atoms with Crippen LogP contribution >= 0.6 is 27.5 Å². The van der Waals surface area contributed by atoms with Gasteiger partial charge in [-0.25, -0.2) is 0 Å². The second-order valence-electron chi connectivity index (χ2n) is 3.06. The number of rotatable bonds is 4. The van der Waals surface area contributed by atoms with E-state index in [0.717, 1.165) is 16.9 Å². The number of hydrogen-bond donors (Lipinski definition) is 0. The molecule has 0 atom stereocenters. The maximum absolute atomic E-state index is 11.9. The first-order chi connectivity index (χ1) is 6.66. The van der Waals surface area contributed by atoms with Gasteiger partial charge in [0.25, 0.3) is 5.91 Å². The van der Waals surface area contributed by atoms with E-state index in [-0.39, 0.29) is 11.9 Å². The van der Waals surface area contributed by atoms with Crippen molar-refractivity contribution in [2.75, 3.05) is 11.9 Å². The number of halogens is 1. The molecule has 1 aromatic heterocycles. The lowest BCUT2D eigenvalue weighted by Crippen LogP contribution is -2.37. The van der Waals surface area contributed by atoms with Gasteiger partial charge in [0.15, 0.2) is 0 Å². The van der Waals surface area contributed by atoms with E-state index in [1.54, 1.807) is 4.90 Å². The van der Waals surface area contributed by atoms with Crippen LogP contribution in [0, 0.1) is 0 Å². The Kier molecular flexibility index (Phi) is 4.47. The van der Waals surface area contributed by atoms with Crippen molar-refractivity contribution in [2.45, 2.75) is 19.9 Å². The zero-order valence-corrected chi connectivity index (χ0v) is 10.5. The fourth-order valence-electron chi connectivity index (χ4n) is 1.09. The van der Waals surface area contributed by atoms with E-state index in [2.05, 4.69) is 25.5 Å². The van der Waals surface area contributed by atoms with Crippen molar-refractivity contribution in [3.63, 3.8) is 0 Å². The Hall–Kier alpha value is -0.490. The van der Waals surface area contributed by atoms with Crippen LogP contribution in [0.5, 0.6) is 0 Å². The summed E-state index contributed by atoms with van der Waals surface area (Å²) in [6, 6.07) is 0.196. The summed E-state index contributed by atoms with van der Waals surface area (Å²) in [5, 5.41) is 4.44. The molecule has 0 aliphatic rings. The average Bonchev–Trinajstić information content (AvgIpc) is 2.65. The number of amides is 1. The highest BCUT2D eigenvalue weighted by atomic mass is 79.9. The molecule has 6 heteroatoms. The third-order valence-electron chi connectivity index (χ3n) is 1.78. The van der Waals surface area contributed by atoms with Crippen LogP contribution in [-0.4, -0.2) is 38.3 Å². The topological polar surface area (TPSA) is 46.1 Å². The van der Waals surface area contributed by atoms with Crippen molar-refractivity contribution >= 4 is 33.4 Å². The highest BCUT2D eigenvalue weighted by Gasteiger charge is 2.19. The van der Waals surface area contributed by atoms with Gasteiger partial charge < -0.3 is 4.90 Å². The van der Waals surface area contributed by atoms with Crippen LogP contribution in [0.25, 0.3) is 0 Å². The van der Waals surface area contributed by atoms with Crippen LogP contribution in [0.15, 0.2) is 6.20 Å². The summed E-state index contributed by atoms with van der Waals surface area (Å²) < 4.78 is 3.68. The Labute approximate surface area is 95.6 Å². The van der Waals surface area contributed by atoms with Gasteiger partial charge >= 0.3 is 0 Å². The second-order valence-corrected chi connectivity index (χ2v) is 4.64. The fourth-order valence-corrected chi connectivity index (χ4v) is 1.94. The Morgan fingerprint density at radius 1 is 1.71 bits per heavy atom. The molecule has 1 rings (SSSR count). The normalized spacial score (nSPS) is 10.6. The zero-order chi connectivity index (χ0) is 10.6. The third-order valence-corrected chi connectivity index (χ3v) is 2.79. The number of alkyl halides is 1. The van der Waals surface area contributed by atoms with E-state index >= 15 is 0 Å². The quantitative estimate of drug-likeness (QED) is 0.789. The Balaban J connectivity index is 2.74. The lowest BCUT2D eigenvalue weighted by Gasteiger charge is -2.24. The van der Waals surface area contributed by atoms with Crippen molar-refractivity contribution in [2.24, 2.45) is 0 Å². The maximum atomic E-state index is 11.9. The number of carbonyl (C=O) groups excluding carboxylic acids is 1. The van der Waals surface area contributed by atoms with Crippen molar-refractivity contribution < 1.29 is 4.79 Å². The van der Waals surface area contributed by atoms with Gasteiger partial charge in [-0.1, -0.05) is 20.4 Å². The Morgan fingerprint density at radius 3 is 2.86 bits per heavy atom. The first-order valence-electron chi connectivity index (χ1n) is 4.31. The second kappa shape index (κ2) is 5.41. The van der Waals surface area contributed by atoms with Crippen LogP contribution in [0.2, 0.25) is 0 Å². The monoisotopic (exact) mass is 277 g/mol. The molecule has 0 unspecified atom stereocenters. The smallest absolute Gasteiger partial charge is 0.267 e. The van der Waals surface area contributed by atoms with Gasteiger partial charge in [-0.3, -0.25) is 4.79 Å². The molecule has 0 saturated heterocycles. The third kappa shape index (κ3) is 2.75. The van der Waals surface area contributed by atoms with E-state index in [1.807, 2.05) is 13.8 Å². The number of carbonyl (C=O) groups is 1. The maximum Gasteiger partial charge on any atom is 0.267 e. The van der Waals surface area contributed by atoms with Crippen molar-refractivity contribution in [1.82, 2.24) is 14.5 Å². The highest BCUT2D eigenvalue weighted by Crippen LogP contribution is 2.10. The summed E-state index contributed by atoms with van der Waals surface area (Å²) in [5.41, 5.74) is 0. The number of aromatic nitrogens is 2. The van der Waals surface area contributed by atoms with Crippen LogP contribution in [0.3, 0.4) is 0 Å². The summed E-state index contributed by atoms with van der Waals surface area (Å²) in [4.78, 5) is 14.3. The van der Waals surface area contributed by atoms with Gasteiger partial charge in [-0.15, -0.1) is 5.10 Å². The molecule has 0 aliphatic heterocycles. The molecule has 1 aromatic rings. The molecule has 0 bridgehead atoms. The van der Waals surface area contributed by atoms with E-state index in [0.29, 0.717) is 11.4 Å². The first kappa shape index (κ1) is 11.6. The minimum Gasteiger partial charge on any atom is -0.335 e. The molecule has 0 spiro atoms. The molecule has 0 saturated carbocycles. The minimum absolute atomic E-state index is 0.00875. The molecule has 0 aromatic carbocycles. The van der Waals surface area contributed by atoms with Gasteiger partial charge in [-0.05, 0) is 25.4 Å². The molecule has 1 amide bonds. The summed E-state index contributed by atoms with van der Waals surface area (Å²) >= 11 is 4.46. The Bertz CT molecular complexity index is 289. The van der Waals surface area contributed by atoms with Crippen molar-refractivity contribution in [1.29, 1.82) is 0 Å². The summed E-state index contributed by atoms with van der Waals surface area (Å²) in [6.45, 7) is 4.69. The minimum atomic E-state index is 0.00875. The first-order valence-corrected chi connectivity index (χ1v) is 6.20. The SMILES string of the molecule is CC(C)N(CCBr)C(=O)c1cnns1. The van der Waals surface area contributed by atoms with E-state index in [4.69, 9.17) is 0 Å². The molecule has 0 radical (unpaired) electrons. The summed E-state index contributed by atoms with van der Waals surface area (Å²) in [6.07, 6.45) is 1.51. The Morgan fingerprint density at radius 2 is 2.43 bits per heavy atom. The number of hydrogen-bond acceptors (Lipinski definition) is 4. The fraction of sp³-hybridized carbons (Fsp3) is 0.625. The predicted molar refractivity (Wildman–Crippen MR) is 59.9 cm³/mol. The molecule has 0 fully saturated rings. The summed E-state index contributed by atoms with van der Waals surface area (Å²) in [5.74, 6) is 0.00875. The zero-order valence-electron chi connectivity index (χ0n) is 8.11. The van der Waals surface area contributed by atoms with Gasteiger partial charge in [0.1, 0.15) is 4.88 Å². The van der Waals surface area contributed by atoms with Crippen LogP contribution in [-0.2, 0) is 0 Å². The van der Waals surface area contributed by atoms with Gasteiger partial charge in [0.05, 0.1) is 6.20 Å². The van der Waals surface area contributed by atoms with Crippen LogP contribution < -0.4 is 0 Å². The molecule has 0 N–H and O–H groups in total. The average molecular weight is 278 g/mol. The van der Waals surface area contributed by atoms with Crippen LogP contribution in [0.4, 0.5) is 0 Å². The van der Waals surface area contributed by atoms with Crippen molar-refractivity contribution in [3.8, 4) is 0 Å². The molecular weight excluding hydrogens is 266 g/mol. The van der Waals surface area contributed by atoms with Crippen LogP contribution in [0.1, 0.15) is 23.5 Å². The molecule has 14 heavy (non-hydrogen) atoms. The van der Waals surface area contributed by atoms with Gasteiger partial charge in [0, 0.05) is 17.9 Å². The largest absolute Gasteiger partial charge is 0.335 e. The van der Waals surface area contributed by atoms with E-state index in [1.165, 1.54) is 6.20 Å². The highest BCUT2D eigenvalue weighted by molar-refractivity contribution is 9.09. The lowest BCUT2D eigenvalue weighted by molar-refractivity contribution is 0.0724. The van der Waals surface area contributed by atoms with E-state index in [9.17, 15) is 4.79 Å². The van der Waals surface area contributed by atoms with Gasteiger partial charge in [0.2, 0.25) is 0 Å². The molecule has 0 aliphatic carbocycles. The standard InChI is InChI=1S/C8H12BrN3OS/c1-6(2)12(4-3-9)8(13)7-5-10-11-14-7/h5-6H,3-4H2,1-2H3. The predicted octanol–water partition coefficient (Wildman–Crippen LogP) is 1.78. The van der Waals surface area contributed by atoms with Gasteiger partial charge in [-0.2, -0.15) is 0 Å². The molecule has 4 nitrogen and oxygen atoms in total. The molecule has 1 heterocycles. The molecular formula is C8H12BrN3OS. The van der Waals surface area contributed by atoms with Crippen molar-refractivity contribution in [3.05, 3.63) is 11.1 Å². The number of nitrogens with zero attached hydrogens (tertiary/aromatic N) is 3. The summed E-state index contributed by atoms with van der Waals surface area (Å²) in [7, 11) is 0. The van der Waals surface area contributed by atoms with E-state index < -0.39 is 0 Å². The lowest BCUT2D eigenvalue weighted by atomic mass is 10.3. The molecule has 78 valence electrons.